The largest absolute Gasteiger partial charge is 0.392 e. The number of hydrogen-bond donors (Lipinski definition) is 1. The van der Waals surface area contributed by atoms with Gasteiger partial charge in [-0.2, -0.15) is 0 Å². The van der Waals surface area contributed by atoms with Crippen LogP contribution in [0.25, 0.3) is 0 Å². The highest BCUT2D eigenvalue weighted by Crippen LogP contribution is 2.38. The highest BCUT2D eigenvalue weighted by Gasteiger charge is 2.35. The molecule has 0 spiro atoms. The molecule has 1 aliphatic carbocycles. The minimum Gasteiger partial charge on any atom is -0.392 e. The van der Waals surface area contributed by atoms with Crippen LogP contribution >= 0.6 is 0 Å². The van der Waals surface area contributed by atoms with E-state index in [2.05, 4.69) is 19.7 Å². The van der Waals surface area contributed by atoms with Gasteiger partial charge in [0.25, 0.3) is 0 Å². The van der Waals surface area contributed by atoms with E-state index in [1.165, 1.54) is 25.0 Å². The molecule has 4 rings (SSSR count). The summed E-state index contributed by atoms with van der Waals surface area (Å²) in [4.78, 5) is 2.22. The number of rotatable bonds is 4. The molecule has 1 aliphatic heterocycles. The average molecular weight is 316 g/mol. The van der Waals surface area contributed by atoms with Gasteiger partial charge in [-0.1, -0.05) is 12.1 Å². The lowest BCUT2D eigenvalue weighted by Crippen LogP contribution is -2.26. The van der Waals surface area contributed by atoms with Crippen molar-refractivity contribution in [3.05, 3.63) is 47.3 Å². The van der Waals surface area contributed by atoms with Gasteiger partial charge in [-0.05, 0) is 43.9 Å². The fourth-order valence-electron chi connectivity index (χ4n) is 3.60. The molecule has 122 valence electrons. The minimum atomic E-state index is -0.358. The van der Waals surface area contributed by atoms with Gasteiger partial charge in [0, 0.05) is 18.6 Å². The molecule has 0 amide bonds. The molecule has 2 fully saturated rings. The number of β-amino-alcohol motifs (C(OH)–C–C–N with tert-alkyl or cyclic N) is 1. The lowest BCUT2D eigenvalue weighted by molar-refractivity contribution is 0.170. The number of hydrogen-bond acceptors (Lipinski definition) is 4. The van der Waals surface area contributed by atoms with Crippen LogP contribution in [-0.2, 0) is 6.54 Å². The van der Waals surface area contributed by atoms with Crippen molar-refractivity contribution in [2.45, 2.75) is 50.9 Å². The molecule has 1 aromatic carbocycles. The summed E-state index contributed by atoms with van der Waals surface area (Å²) < 4.78 is 15.4. The van der Waals surface area contributed by atoms with Gasteiger partial charge in [0.05, 0.1) is 12.6 Å². The van der Waals surface area contributed by atoms with Crippen molar-refractivity contribution >= 4 is 0 Å². The van der Waals surface area contributed by atoms with E-state index in [-0.39, 0.29) is 18.0 Å². The summed E-state index contributed by atoms with van der Waals surface area (Å²) in [6.45, 7) is 3.26. The van der Waals surface area contributed by atoms with Gasteiger partial charge in [0.1, 0.15) is 17.5 Å². The zero-order valence-corrected chi connectivity index (χ0v) is 13.2. The number of benzene rings is 1. The molecule has 23 heavy (non-hydrogen) atoms. The molecule has 5 nitrogen and oxygen atoms in total. The minimum absolute atomic E-state index is 0.0928. The van der Waals surface area contributed by atoms with Crippen molar-refractivity contribution in [1.82, 2.24) is 19.7 Å². The Morgan fingerprint density at radius 3 is 2.65 bits per heavy atom. The Bertz CT molecular complexity index is 695. The molecule has 6 heteroatoms. The summed E-state index contributed by atoms with van der Waals surface area (Å²) in [5.74, 6) is 1.69. The third-order valence-electron chi connectivity index (χ3n) is 4.83. The number of aromatic nitrogens is 3. The number of aryl methyl sites for hydroxylation is 1. The highest BCUT2D eigenvalue weighted by atomic mass is 19.1. The molecule has 0 bridgehead atoms. The Kier molecular flexibility index (Phi) is 3.66. The van der Waals surface area contributed by atoms with Crippen LogP contribution in [0.5, 0.6) is 0 Å². The molecule has 2 heterocycles. The molecule has 1 saturated heterocycles. The normalized spacial score (nSPS) is 25.2. The second-order valence-electron chi connectivity index (χ2n) is 6.65. The predicted octanol–water partition coefficient (Wildman–Crippen LogP) is 2.37. The van der Waals surface area contributed by atoms with Gasteiger partial charge < -0.3 is 9.67 Å². The van der Waals surface area contributed by atoms with Gasteiger partial charge in [-0.15, -0.1) is 10.2 Å². The number of halogens is 1. The molecule has 1 N–H and O–H groups in total. The quantitative estimate of drug-likeness (QED) is 0.941. The standard InChI is InChI=1S/C17H21FN4O/c1-11-19-20-17(22(11)14-6-7-14)10-21-9-15(23)8-16(21)12-2-4-13(18)5-3-12/h2-5,14-16,23H,6-10H2,1H3/t15-,16+/m0/s1. The van der Waals surface area contributed by atoms with Gasteiger partial charge in [-0.25, -0.2) is 4.39 Å². The smallest absolute Gasteiger partial charge is 0.147 e. The van der Waals surface area contributed by atoms with Gasteiger partial charge in [0.15, 0.2) is 0 Å². The van der Waals surface area contributed by atoms with Crippen LogP contribution in [0.2, 0.25) is 0 Å². The maximum atomic E-state index is 13.2. The SMILES string of the molecule is Cc1nnc(CN2C[C@@H](O)C[C@@H]2c2ccc(F)cc2)n1C1CC1. The summed E-state index contributed by atoms with van der Waals surface area (Å²) >= 11 is 0. The Balaban J connectivity index is 1.58. The molecule has 0 unspecified atom stereocenters. The Morgan fingerprint density at radius 2 is 1.96 bits per heavy atom. The van der Waals surface area contributed by atoms with Crippen LogP contribution in [0, 0.1) is 12.7 Å². The van der Waals surface area contributed by atoms with Crippen LogP contribution in [0.3, 0.4) is 0 Å². The summed E-state index contributed by atoms with van der Waals surface area (Å²) in [5.41, 5.74) is 1.04. The zero-order valence-electron chi connectivity index (χ0n) is 13.2. The second-order valence-corrected chi connectivity index (χ2v) is 6.65. The number of nitrogens with zero attached hydrogens (tertiary/aromatic N) is 4. The molecule has 2 aliphatic rings. The van der Waals surface area contributed by atoms with E-state index in [9.17, 15) is 9.50 Å². The Hall–Kier alpha value is -1.79. The predicted molar refractivity (Wildman–Crippen MR) is 83.2 cm³/mol. The van der Waals surface area contributed by atoms with E-state index in [1.807, 2.05) is 19.1 Å². The summed E-state index contributed by atoms with van der Waals surface area (Å²) in [7, 11) is 0. The van der Waals surface area contributed by atoms with E-state index in [0.717, 1.165) is 17.2 Å². The zero-order chi connectivity index (χ0) is 16.0. The lowest BCUT2D eigenvalue weighted by Gasteiger charge is -2.24. The molecular formula is C17H21FN4O. The van der Waals surface area contributed by atoms with E-state index >= 15 is 0 Å². The first-order valence-corrected chi connectivity index (χ1v) is 8.20. The van der Waals surface area contributed by atoms with Crippen molar-refractivity contribution in [3.8, 4) is 0 Å². The molecule has 1 aromatic heterocycles. The maximum Gasteiger partial charge on any atom is 0.147 e. The molecule has 2 aromatic rings. The van der Waals surface area contributed by atoms with Gasteiger partial charge >= 0.3 is 0 Å². The van der Waals surface area contributed by atoms with Gasteiger partial charge in [-0.3, -0.25) is 4.90 Å². The van der Waals surface area contributed by atoms with E-state index in [0.29, 0.717) is 25.6 Å². The molecule has 0 radical (unpaired) electrons. The van der Waals surface area contributed by atoms with Gasteiger partial charge in [0.2, 0.25) is 0 Å². The average Bonchev–Trinajstić information content (AvgIpc) is 3.20. The molecule has 1 saturated carbocycles. The van der Waals surface area contributed by atoms with Crippen molar-refractivity contribution in [2.75, 3.05) is 6.54 Å². The first-order chi connectivity index (χ1) is 11.1. The Labute approximate surface area is 134 Å². The third-order valence-corrected chi connectivity index (χ3v) is 4.83. The first-order valence-electron chi connectivity index (χ1n) is 8.20. The first kappa shape index (κ1) is 14.8. The third kappa shape index (κ3) is 2.88. The van der Waals surface area contributed by atoms with Crippen molar-refractivity contribution in [1.29, 1.82) is 0 Å². The molecule has 2 atom stereocenters. The van der Waals surface area contributed by atoms with Crippen LogP contribution < -0.4 is 0 Å². The summed E-state index contributed by atoms with van der Waals surface area (Å²) in [6.07, 6.45) is 2.69. The summed E-state index contributed by atoms with van der Waals surface area (Å²) in [6, 6.07) is 7.21. The number of aliphatic hydroxyl groups excluding tert-OH is 1. The summed E-state index contributed by atoms with van der Waals surface area (Å²) in [5, 5.41) is 18.7. The van der Waals surface area contributed by atoms with E-state index in [4.69, 9.17) is 0 Å². The topological polar surface area (TPSA) is 54.2 Å². The van der Waals surface area contributed by atoms with E-state index < -0.39 is 0 Å². The van der Waals surface area contributed by atoms with Crippen LogP contribution in [0.15, 0.2) is 24.3 Å². The monoisotopic (exact) mass is 316 g/mol. The lowest BCUT2D eigenvalue weighted by atomic mass is 10.0. The van der Waals surface area contributed by atoms with Crippen molar-refractivity contribution < 1.29 is 9.50 Å². The van der Waals surface area contributed by atoms with Crippen molar-refractivity contribution in [2.24, 2.45) is 0 Å². The van der Waals surface area contributed by atoms with Crippen LogP contribution in [0.1, 0.15) is 48.6 Å². The second kappa shape index (κ2) is 5.69. The fourth-order valence-corrected chi connectivity index (χ4v) is 3.60. The van der Waals surface area contributed by atoms with Crippen LogP contribution in [0.4, 0.5) is 4.39 Å². The number of aliphatic hydroxyl groups is 1. The fraction of sp³-hybridized carbons (Fsp3) is 0.529. The highest BCUT2D eigenvalue weighted by molar-refractivity contribution is 5.21. The maximum absolute atomic E-state index is 13.2. The molecular weight excluding hydrogens is 295 g/mol. The number of likely N-dealkylation sites (tertiary alicyclic amines) is 1. The Morgan fingerprint density at radius 1 is 1.22 bits per heavy atom. The van der Waals surface area contributed by atoms with Crippen LogP contribution in [-0.4, -0.2) is 37.4 Å². The van der Waals surface area contributed by atoms with Crippen molar-refractivity contribution in [3.63, 3.8) is 0 Å². The van der Waals surface area contributed by atoms with E-state index in [1.54, 1.807) is 0 Å².